The molecule has 2 N–H and O–H groups in total. The van der Waals surface area contributed by atoms with Crippen LogP contribution in [0.1, 0.15) is 66.5 Å². The molecule has 0 heterocycles. The van der Waals surface area contributed by atoms with Crippen molar-refractivity contribution in [2.45, 2.75) is 78.1 Å². The average Bonchev–Trinajstić information content (AvgIpc) is 2.44. The summed E-state index contributed by atoms with van der Waals surface area (Å²) in [6.07, 6.45) is 0. The molecular formula is C20H35NS. The number of nitrogens with two attached hydrogens (primary N) is 1. The van der Waals surface area contributed by atoms with Gasteiger partial charge in [0.15, 0.2) is 0 Å². The van der Waals surface area contributed by atoms with Crippen LogP contribution in [0, 0.1) is 18.1 Å². The highest BCUT2D eigenvalue weighted by atomic mass is 32.3. The molecule has 0 aliphatic carbocycles. The molecule has 0 aliphatic heterocycles. The molecule has 0 amide bonds. The maximum atomic E-state index is 5.89. The van der Waals surface area contributed by atoms with E-state index in [1.165, 1.54) is 5.56 Å². The van der Waals surface area contributed by atoms with Gasteiger partial charge in [-0.15, -0.1) is 0 Å². The van der Waals surface area contributed by atoms with E-state index in [-0.39, 0.29) is 0 Å². The Morgan fingerprint density at radius 2 is 1.36 bits per heavy atom. The van der Waals surface area contributed by atoms with Gasteiger partial charge in [-0.2, -0.15) is 10.0 Å². The zero-order valence-corrected chi connectivity index (χ0v) is 16.8. The molecule has 1 aromatic rings. The molecular weight excluding hydrogens is 286 g/mol. The lowest BCUT2D eigenvalue weighted by Gasteiger charge is -2.46. The van der Waals surface area contributed by atoms with Crippen molar-refractivity contribution in [2.75, 3.05) is 5.73 Å². The third-order valence-electron chi connectivity index (χ3n) is 3.96. The van der Waals surface area contributed by atoms with Crippen LogP contribution in [-0.4, -0.2) is 15.7 Å². The van der Waals surface area contributed by atoms with E-state index in [1.807, 2.05) is 26.0 Å². The van der Waals surface area contributed by atoms with E-state index in [1.54, 1.807) is 0 Å². The molecule has 2 heteroatoms. The van der Waals surface area contributed by atoms with Gasteiger partial charge in [0.05, 0.1) is 0 Å². The van der Waals surface area contributed by atoms with Gasteiger partial charge in [-0.25, -0.2) is 0 Å². The fraction of sp³-hybridized carbons (Fsp3) is 0.600. The first-order valence-electron chi connectivity index (χ1n) is 8.40. The Balaban J connectivity index is 0.00000211. The molecule has 1 nitrogen and oxygen atoms in total. The zero-order chi connectivity index (χ0) is 17.5. The fourth-order valence-electron chi connectivity index (χ4n) is 2.90. The van der Waals surface area contributed by atoms with Crippen LogP contribution >= 0.6 is 10.0 Å². The van der Waals surface area contributed by atoms with Crippen LogP contribution in [-0.2, 0) is 0 Å². The largest absolute Gasteiger partial charge is 0.399 e. The normalized spacial score (nSPS) is 11.8. The Bertz CT molecular complexity index is 496. The number of nitrogen functional groups attached to an aromatic ring is 1. The Morgan fingerprint density at radius 1 is 0.909 bits per heavy atom. The smallest absolute Gasteiger partial charge is 0.0326 e. The van der Waals surface area contributed by atoms with Crippen LogP contribution in [0.3, 0.4) is 0 Å². The second-order valence-corrected chi connectivity index (χ2v) is 10.8. The Labute approximate surface area is 140 Å². The van der Waals surface area contributed by atoms with Crippen molar-refractivity contribution in [3.05, 3.63) is 29.3 Å². The van der Waals surface area contributed by atoms with Crippen molar-refractivity contribution < 1.29 is 0 Å². The van der Waals surface area contributed by atoms with E-state index in [9.17, 15) is 0 Å². The number of hydrogen-bond donors (Lipinski definition) is 1. The SMILES string of the molecule is CC.Cc1ccc(N)cc1C#CS(C(C)C)(C(C)C)C(C)C. The van der Waals surface area contributed by atoms with E-state index < -0.39 is 10.0 Å². The van der Waals surface area contributed by atoms with E-state index in [0.717, 1.165) is 11.3 Å². The lowest BCUT2D eigenvalue weighted by Crippen LogP contribution is -2.27. The molecule has 0 aromatic heterocycles. The predicted octanol–water partition coefficient (Wildman–Crippen LogP) is 5.94. The average molecular weight is 322 g/mol. The van der Waals surface area contributed by atoms with Crippen LogP contribution in [0.5, 0.6) is 0 Å². The lowest BCUT2D eigenvalue weighted by molar-refractivity contribution is 0.959. The monoisotopic (exact) mass is 321 g/mol. The van der Waals surface area contributed by atoms with E-state index in [0.29, 0.717) is 15.7 Å². The Kier molecular flexibility index (Phi) is 8.71. The lowest BCUT2D eigenvalue weighted by atomic mass is 10.1. The summed E-state index contributed by atoms with van der Waals surface area (Å²) in [5, 5.41) is 5.52. The minimum absolute atomic E-state index is 0.608. The molecule has 0 saturated heterocycles. The van der Waals surface area contributed by atoms with Crippen LogP contribution in [0.25, 0.3) is 0 Å². The highest BCUT2D eigenvalue weighted by Crippen LogP contribution is 2.59. The molecule has 0 fully saturated rings. The summed E-state index contributed by atoms with van der Waals surface area (Å²) >= 11 is 0. The van der Waals surface area contributed by atoms with Crippen molar-refractivity contribution in [3.8, 4) is 11.2 Å². The van der Waals surface area contributed by atoms with Gasteiger partial charge in [0.1, 0.15) is 0 Å². The molecule has 0 unspecified atom stereocenters. The molecule has 0 aliphatic rings. The predicted molar refractivity (Wildman–Crippen MR) is 107 cm³/mol. The summed E-state index contributed by atoms with van der Waals surface area (Å²) in [4.78, 5) is 0. The summed E-state index contributed by atoms with van der Waals surface area (Å²) in [7, 11) is -0.976. The third-order valence-corrected chi connectivity index (χ3v) is 9.10. The first-order valence-corrected chi connectivity index (χ1v) is 10.2. The van der Waals surface area contributed by atoms with Gasteiger partial charge in [-0.3, -0.25) is 0 Å². The number of aryl methyl sites for hydroxylation is 1. The third kappa shape index (κ3) is 4.71. The minimum Gasteiger partial charge on any atom is -0.399 e. The summed E-state index contributed by atoms with van der Waals surface area (Å²) in [5.41, 5.74) is 8.95. The number of rotatable bonds is 3. The van der Waals surface area contributed by atoms with Crippen molar-refractivity contribution in [1.29, 1.82) is 0 Å². The molecule has 0 atom stereocenters. The second-order valence-electron chi connectivity index (χ2n) is 6.21. The highest BCUT2D eigenvalue weighted by Gasteiger charge is 2.32. The topological polar surface area (TPSA) is 26.0 Å². The molecule has 22 heavy (non-hydrogen) atoms. The minimum atomic E-state index is -0.976. The Hall–Kier alpha value is -1.07. The first-order chi connectivity index (χ1) is 10.2. The molecule has 1 aromatic carbocycles. The van der Waals surface area contributed by atoms with Crippen molar-refractivity contribution in [3.63, 3.8) is 0 Å². The van der Waals surface area contributed by atoms with Crippen LogP contribution in [0.15, 0.2) is 18.2 Å². The Morgan fingerprint density at radius 3 is 1.77 bits per heavy atom. The van der Waals surface area contributed by atoms with Gasteiger partial charge >= 0.3 is 0 Å². The molecule has 126 valence electrons. The number of benzene rings is 1. The van der Waals surface area contributed by atoms with Gasteiger partial charge in [0.25, 0.3) is 0 Å². The first kappa shape index (κ1) is 20.9. The molecule has 0 saturated carbocycles. The molecule has 0 spiro atoms. The van der Waals surface area contributed by atoms with Crippen LogP contribution in [0.4, 0.5) is 5.69 Å². The van der Waals surface area contributed by atoms with E-state index in [4.69, 9.17) is 5.73 Å². The fourth-order valence-corrected chi connectivity index (χ4v) is 7.16. The van der Waals surface area contributed by atoms with Gasteiger partial charge in [-0.1, -0.05) is 67.4 Å². The van der Waals surface area contributed by atoms with Gasteiger partial charge in [-0.05, 0) is 45.6 Å². The summed E-state index contributed by atoms with van der Waals surface area (Å²) < 4.78 is 0. The van der Waals surface area contributed by atoms with E-state index >= 15 is 0 Å². The quantitative estimate of drug-likeness (QED) is 0.541. The van der Waals surface area contributed by atoms with E-state index in [2.05, 4.69) is 65.7 Å². The van der Waals surface area contributed by atoms with Crippen molar-refractivity contribution >= 4 is 15.7 Å². The highest BCUT2D eigenvalue weighted by molar-refractivity contribution is 8.38. The molecule has 1 rings (SSSR count). The zero-order valence-electron chi connectivity index (χ0n) is 15.9. The van der Waals surface area contributed by atoms with Crippen molar-refractivity contribution in [1.82, 2.24) is 0 Å². The van der Waals surface area contributed by atoms with Gasteiger partial charge in [0.2, 0.25) is 0 Å². The number of anilines is 1. The summed E-state index contributed by atoms with van der Waals surface area (Å²) in [6.45, 7) is 20.0. The molecule has 0 radical (unpaired) electrons. The standard InChI is InChI=1S/C18H29NS.C2H6/c1-13(2)20(14(3)4,15(5)6)11-10-17-12-18(19)9-8-16(17)7;1-2/h8-9,12-15H,19H2,1-7H3;1-2H3. The van der Waals surface area contributed by atoms with Crippen LogP contribution in [0.2, 0.25) is 0 Å². The van der Waals surface area contributed by atoms with Crippen molar-refractivity contribution in [2.24, 2.45) is 0 Å². The summed E-state index contributed by atoms with van der Waals surface area (Å²) in [5.74, 6) is 3.45. The van der Waals surface area contributed by atoms with Gasteiger partial charge in [0, 0.05) is 11.3 Å². The summed E-state index contributed by atoms with van der Waals surface area (Å²) in [6, 6.07) is 5.98. The second kappa shape index (κ2) is 9.16. The van der Waals surface area contributed by atoms with Gasteiger partial charge < -0.3 is 5.73 Å². The van der Waals surface area contributed by atoms with Crippen LogP contribution < -0.4 is 5.73 Å². The molecule has 0 bridgehead atoms. The number of hydrogen-bond acceptors (Lipinski definition) is 1. The maximum Gasteiger partial charge on any atom is 0.0326 e. The maximum absolute atomic E-state index is 5.89.